The van der Waals surface area contributed by atoms with Crippen LogP contribution in [-0.2, 0) is 10.0 Å². The average molecular weight is 426 g/mol. The van der Waals surface area contributed by atoms with Crippen LogP contribution in [0.15, 0.2) is 62.6 Å². The van der Waals surface area contributed by atoms with Gasteiger partial charge in [0.05, 0.1) is 9.89 Å². The number of aliphatic hydroxyl groups excluding tert-OH is 1. The Balaban J connectivity index is 1.68. The molecule has 0 unspecified atom stereocenters. The highest BCUT2D eigenvalue weighted by atomic mass is 79.9. The van der Waals surface area contributed by atoms with E-state index in [-0.39, 0.29) is 10.8 Å². The zero-order chi connectivity index (χ0) is 17.2. The number of hydrogen-bond donors (Lipinski definition) is 2. The van der Waals surface area contributed by atoms with Crippen molar-refractivity contribution < 1.29 is 13.5 Å². The molecule has 0 spiro atoms. The van der Waals surface area contributed by atoms with Gasteiger partial charge < -0.3 is 5.11 Å². The minimum Gasteiger partial charge on any atom is -0.388 e. The molecule has 0 bridgehead atoms. The topological polar surface area (TPSA) is 66.4 Å². The number of nitrogens with one attached hydrogen (secondary N) is 1. The van der Waals surface area contributed by atoms with Crippen molar-refractivity contribution in [2.75, 3.05) is 6.54 Å². The van der Waals surface area contributed by atoms with Crippen molar-refractivity contribution >= 4 is 48.1 Å². The Morgan fingerprint density at radius 2 is 1.83 bits per heavy atom. The number of sulfonamides is 1. The van der Waals surface area contributed by atoms with Crippen molar-refractivity contribution in [3.63, 3.8) is 0 Å². The molecular formula is C17H16BrNO3S2. The Bertz CT molecular complexity index is 948. The van der Waals surface area contributed by atoms with Crippen molar-refractivity contribution in [1.82, 2.24) is 4.72 Å². The summed E-state index contributed by atoms with van der Waals surface area (Å²) in [5.41, 5.74) is 0.811. The zero-order valence-corrected chi connectivity index (χ0v) is 15.9. The van der Waals surface area contributed by atoms with Crippen molar-refractivity contribution in [3.8, 4) is 0 Å². The average Bonchev–Trinajstić information content (AvgIpc) is 3.01. The Morgan fingerprint density at radius 1 is 1.08 bits per heavy atom. The van der Waals surface area contributed by atoms with Gasteiger partial charge >= 0.3 is 0 Å². The number of benzene rings is 2. The van der Waals surface area contributed by atoms with Crippen molar-refractivity contribution in [1.29, 1.82) is 0 Å². The lowest BCUT2D eigenvalue weighted by Gasteiger charge is -2.14. The van der Waals surface area contributed by atoms with E-state index in [0.717, 1.165) is 31.5 Å². The van der Waals surface area contributed by atoms with Gasteiger partial charge in [0.25, 0.3) is 0 Å². The molecule has 4 nitrogen and oxygen atoms in total. The molecule has 0 aliphatic rings. The third-order valence-electron chi connectivity index (χ3n) is 3.71. The van der Waals surface area contributed by atoms with E-state index in [2.05, 4.69) is 20.7 Å². The summed E-state index contributed by atoms with van der Waals surface area (Å²) in [5.74, 6) is 0. The summed E-state index contributed by atoms with van der Waals surface area (Å²) in [6.45, 7) is 0.169. The van der Waals surface area contributed by atoms with Gasteiger partial charge in [-0.3, -0.25) is 0 Å². The van der Waals surface area contributed by atoms with Crippen LogP contribution < -0.4 is 4.72 Å². The maximum atomic E-state index is 12.2. The minimum atomic E-state index is -3.53. The molecular weight excluding hydrogens is 410 g/mol. The van der Waals surface area contributed by atoms with Gasteiger partial charge in [0.15, 0.2) is 0 Å². The molecule has 0 fully saturated rings. The van der Waals surface area contributed by atoms with Crippen LogP contribution >= 0.6 is 27.3 Å². The van der Waals surface area contributed by atoms with Crippen LogP contribution in [0.3, 0.4) is 0 Å². The largest absolute Gasteiger partial charge is 0.388 e. The smallest absolute Gasteiger partial charge is 0.250 e. The second-order valence-electron chi connectivity index (χ2n) is 5.33. The fraction of sp³-hybridized carbons (Fsp3) is 0.176. The fourth-order valence-electron chi connectivity index (χ4n) is 2.54. The van der Waals surface area contributed by atoms with Crippen molar-refractivity contribution in [2.24, 2.45) is 0 Å². The number of hydrogen-bond acceptors (Lipinski definition) is 4. The normalized spacial score (nSPS) is 13.2. The summed E-state index contributed by atoms with van der Waals surface area (Å²) < 4.78 is 27.9. The van der Waals surface area contributed by atoms with E-state index in [1.165, 1.54) is 0 Å². The van der Waals surface area contributed by atoms with E-state index in [1.807, 2.05) is 42.5 Å². The van der Waals surface area contributed by atoms with Crippen molar-refractivity contribution in [3.05, 3.63) is 63.9 Å². The predicted octanol–water partition coefficient (Wildman–Crippen LogP) is 4.07. The Hall–Kier alpha value is -1.25. The van der Waals surface area contributed by atoms with E-state index < -0.39 is 16.1 Å². The van der Waals surface area contributed by atoms with Crippen molar-refractivity contribution in [2.45, 2.75) is 16.7 Å². The van der Waals surface area contributed by atoms with Crippen LogP contribution in [0.25, 0.3) is 10.8 Å². The molecule has 3 aromatic rings. The van der Waals surface area contributed by atoms with Gasteiger partial charge in [-0.05, 0) is 50.8 Å². The lowest BCUT2D eigenvalue weighted by molar-refractivity contribution is 0.170. The maximum Gasteiger partial charge on any atom is 0.250 e. The Kier molecular flexibility index (Phi) is 5.36. The first-order chi connectivity index (χ1) is 11.5. The molecule has 1 aromatic heterocycles. The summed E-state index contributed by atoms with van der Waals surface area (Å²) in [7, 11) is -3.53. The van der Waals surface area contributed by atoms with E-state index in [4.69, 9.17) is 0 Å². The summed E-state index contributed by atoms with van der Waals surface area (Å²) in [6.07, 6.45) is -0.423. The summed E-state index contributed by atoms with van der Waals surface area (Å²) in [5, 5.41) is 12.5. The molecule has 2 aromatic carbocycles. The van der Waals surface area contributed by atoms with E-state index in [1.54, 1.807) is 12.1 Å². The SMILES string of the molecule is O=S(=O)(NCC[C@@H](O)c1cccc2ccccc12)c1ccc(Br)s1. The third-order valence-corrected chi connectivity index (χ3v) is 7.28. The van der Waals surface area contributed by atoms with Gasteiger partial charge in [-0.2, -0.15) is 0 Å². The molecule has 3 rings (SSSR count). The van der Waals surface area contributed by atoms with E-state index in [0.29, 0.717) is 6.42 Å². The quantitative estimate of drug-likeness (QED) is 0.625. The van der Waals surface area contributed by atoms with Gasteiger partial charge in [-0.25, -0.2) is 13.1 Å². The molecule has 0 amide bonds. The third kappa shape index (κ3) is 3.87. The highest BCUT2D eigenvalue weighted by Crippen LogP contribution is 2.27. The summed E-state index contributed by atoms with van der Waals surface area (Å²) in [4.78, 5) is 0. The molecule has 2 N–H and O–H groups in total. The number of aliphatic hydroxyl groups is 1. The number of halogens is 1. The first-order valence-electron chi connectivity index (χ1n) is 7.38. The summed E-state index contributed by atoms with van der Waals surface area (Å²) in [6, 6.07) is 16.8. The fourth-order valence-corrected chi connectivity index (χ4v) is 5.64. The number of thiophene rings is 1. The van der Waals surface area contributed by atoms with Crippen LogP contribution in [0, 0.1) is 0 Å². The molecule has 0 radical (unpaired) electrons. The molecule has 1 atom stereocenters. The molecule has 1 heterocycles. The first kappa shape index (κ1) is 17.6. The molecule has 126 valence electrons. The van der Waals surface area contributed by atoms with Crippen LogP contribution in [-0.4, -0.2) is 20.1 Å². The summed E-state index contributed by atoms with van der Waals surface area (Å²) >= 11 is 4.41. The molecule has 24 heavy (non-hydrogen) atoms. The van der Waals surface area contributed by atoms with E-state index >= 15 is 0 Å². The van der Waals surface area contributed by atoms with Crippen LogP contribution in [0.1, 0.15) is 18.1 Å². The van der Waals surface area contributed by atoms with E-state index in [9.17, 15) is 13.5 Å². The highest BCUT2D eigenvalue weighted by molar-refractivity contribution is 9.11. The highest BCUT2D eigenvalue weighted by Gasteiger charge is 2.17. The molecule has 7 heteroatoms. The van der Waals surface area contributed by atoms with Crippen LogP contribution in [0.5, 0.6) is 0 Å². The number of fused-ring (bicyclic) bond motifs is 1. The second-order valence-corrected chi connectivity index (χ2v) is 9.79. The zero-order valence-electron chi connectivity index (χ0n) is 12.6. The second kappa shape index (κ2) is 7.33. The lowest BCUT2D eigenvalue weighted by atomic mass is 9.99. The standard InChI is InChI=1S/C17H16BrNO3S2/c18-16-8-9-17(23-16)24(21,22)19-11-10-15(20)14-7-3-5-12-4-1-2-6-13(12)14/h1-9,15,19-20H,10-11H2/t15-/m1/s1. The van der Waals surface area contributed by atoms with Gasteiger partial charge in [-0.15, -0.1) is 11.3 Å². The molecule has 0 aliphatic carbocycles. The van der Waals surface area contributed by atoms with Gasteiger partial charge in [-0.1, -0.05) is 42.5 Å². The van der Waals surface area contributed by atoms with Gasteiger partial charge in [0, 0.05) is 6.54 Å². The minimum absolute atomic E-state index is 0.169. The first-order valence-corrected chi connectivity index (χ1v) is 10.5. The Morgan fingerprint density at radius 3 is 2.58 bits per heavy atom. The molecule has 0 aliphatic heterocycles. The lowest BCUT2D eigenvalue weighted by Crippen LogP contribution is -2.25. The van der Waals surface area contributed by atoms with Gasteiger partial charge in [0.1, 0.15) is 4.21 Å². The Labute approximate surface area is 153 Å². The van der Waals surface area contributed by atoms with Crippen LogP contribution in [0.2, 0.25) is 0 Å². The molecule has 0 saturated heterocycles. The maximum absolute atomic E-state index is 12.2. The monoisotopic (exact) mass is 425 g/mol. The van der Waals surface area contributed by atoms with Gasteiger partial charge in [0.2, 0.25) is 10.0 Å². The van der Waals surface area contributed by atoms with Crippen LogP contribution in [0.4, 0.5) is 0 Å². The predicted molar refractivity (Wildman–Crippen MR) is 101 cm³/mol. The molecule has 0 saturated carbocycles. The number of rotatable bonds is 6.